The minimum atomic E-state index is -0.450. The number of hydrogen-bond acceptors (Lipinski definition) is 7. The van der Waals surface area contributed by atoms with Gasteiger partial charge in [-0.2, -0.15) is 0 Å². The molecule has 0 bridgehead atoms. The van der Waals surface area contributed by atoms with Gasteiger partial charge in [-0.3, -0.25) is 10.1 Å². The van der Waals surface area contributed by atoms with Crippen molar-refractivity contribution in [2.75, 3.05) is 11.9 Å². The van der Waals surface area contributed by atoms with E-state index in [1.807, 2.05) is 0 Å². The molecule has 8 nitrogen and oxygen atoms in total. The number of fused-ring (bicyclic) bond motifs is 6. The Bertz CT molecular complexity index is 1210. The van der Waals surface area contributed by atoms with Crippen LogP contribution in [-0.2, 0) is 0 Å². The average Bonchev–Trinajstić information content (AvgIpc) is 3.47. The molecule has 8 atom stereocenters. The SMILES string of the molecule is CC(CNc1ccc([N+](=O)[O-])c2nonc12)C1CCC2C3CC=C4CC(O)CCC4(C)C3CCC12C. The molecule has 0 saturated heterocycles. The van der Waals surface area contributed by atoms with E-state index in [1.165, 1.54) is 43.7 Å². The van der Waals surface area contributed by atoms with Gasteiger partial charge in [0.25, 0.3) is 0 Å². The largest absolute Gasteiger partial charge is 0.393 e. The number of nitro benzene ring substituents is 1. The first-order valence-electron chi connectivity index (χ1n) is 13.7. The maximum atomic E-state index is 11.3. The van der Waals surface area contributed by atoms with E-state index in [4.69, 9.17) is 4.63 Å². The summed E-state index contributed by atoms with van der Waals surface area (Å²) in [5, 5.41) is 32.8. The third-order valence-electron chi connectivity index (χ3n) is 11.0. The molecule has 4 aliphatic rings. The minimum Gasteiger partial charge on any atom is -0.393 e. The quantitative estimate of drug-likeness (QED) is 0.292. The van der Waals surface area contributed by atoms with Gasteiger partial charge in [-0.15, -0.1) is 0 Å². The van der Waals surface area contributed by atoms with Crippen molar-refractivity contribution in [3.05, 3.63) is 33.9 Å². The molecular weight excluding hydrogens is 456 g/mol. The lowest BCUT2D eigenvalue weighted by Gasteiger charge is -2.58. The molecule has 8 heteroatoms. The van der Waals surface area contributed by atoms with Crippen LogP contribution in [0.4, 0.5) is 11.4 Å². The third kappa shape index (κ3) is 3.51. The fourth-order valence-corrected chi connectivity index (χ4v) is 9.17. The van der Waals surface area contributed by atoms with Gasteiger partial charge < -0.3 is 10.4 Å². The Labute approximate surface area is 212 Å². The van der Waals surface area contributed by atoms with Crippen molar-refractivity contribution < 1.29 is 14.7 Å². The van der Waals surface area contributed by atoms with Gasteiger partial charge in [-0.05, 0) is 108 Å². The van der Waals surface area contributed by atoms with E-state index in [0.717, 1.165) is 49.2 Å². The smallest absolute Gasteiger partial charge is 0.300 e. The molecule has 2 N–H and O–H groups in total. The van der Waals surface area contributed by atoms with Crippen LogP contribution >= 0.6 is 0 Å². The van der Waals surface area contributed by atoms with Crippen LogP contribution in [0.2, 0.25) is 0 Å². The molecule has 4 aliphatic carbocycles. The summed E-state index contributed by atoms with van der Waals surface area (Å²) in [6.07, 6.45) is 11.7. The first-order chi connectivity index (χ1) is 17.2. The van der Waals surface area contributed by atoms with Crippen molar-refractivity contribution in [1.29, 1.82) is 0 Å². The summed E-state index contributed by atoms with van der Waals surface area (Å²) >= 11 is 0. The van der Waals surface area contributed by atoms with E-state index in [-0.39, 0.29) is 22.7 Å². The summed E-state index contributed by atoms with van der Waals surface area (Å²) in [6, 6.07) is 3.19. The highest BCUT2D eigenvalue weighted by atomic mass is 16.6. The van der Waals surface area contributed by atoms with Gasteiger partial charge in [-0.1, -0.05) is 32.4 Å². The number of nitrogens with zero attached hydrogens (tertiary/aromatic N) is 3. The van der Waals surface area contributed by atoms with Gasteiger partial charge in [0.1, 0.15) is 0 Å². The zero-order valence-electron chi connectivity index (χ0n) is 21.6. The van der Waals surface area contributed by atoms with E-state index in [9.17, 15) is 15.2 Å². The first kappa shape index (κ1) is 23.9. The van der Waals surface area contributed by atoms with Crippen LogP contribution in [0.15, 0.2) is 28.4 Å². The Morgan fingerprint density at radius 3 is 2.78 bits per heavy atom. The molecule has 6 rings (SSSR count). The number of non-ortho nitro benzene ring substituents is 1. The molecule has 0 spiro atoms. The highest BCUT2D eigenvalue weighted by Crippen LogP contribution is 2.67. The molecular formula is C28H38N4O4. The average molecular weight is 495 g/mol. The van der Waals surface area contributed by atoms with Gasteiger partial charge in [0.15, 0.2) is 5.52 Å². The van der Waals surface area contributed by atoms with Crippen LogP contribution in [-0.4, -0.2) is 33.0 Å². The van der Waals surface area contributed by atoms with E-state index < -0.39 is 4.92 Å². The van der Waals surface area contributed by atoms with Crippen LogP contribution in [0.5, 0.6) is 0 Å². The number of nitro groups is 1. The summed E-state index contributed by atoms with van der Waals surface area (Å²) in [4.78, 5) is 10.9. The van der Waals surface area contributed by atoms with Crippen LogP contribution in [0, 0.1) is 50.5 Å². The standard InChI is InChI=1S/C28H38N4O4/c1-16(15-29-23-8-9-24(32(34)35)26-25(23)30-36-31-26)20-6-7-21-19-5-4-17-14-18(33)10-12-27(17,2)22(19)11-13-28(20,21)3/h4,8-9,16,18-22,29,33H,5-7,10-15H2,1-3H3. The number of allylic oxidation sites excluding steroid dienone is 1. The Hall–Kier alpha value is -2.48. The Kier molecular flexibility index (Phi) is 5.67. The molecule has 0 radical (unpaired) electrons. The second-order valence-electron chi connectivity index (χ2n) is 12.6. The summed E-state index contributed by atoms with van der Waals surface area (Å²) in [5.74, 6) is 3.38. The maximum absolute atomic E-state index is 11.3. The molecule has 0 amide bonds. The molecule has 36 heavy (non-hydrogen) atoms. The number of benzene rings is 1. The number of aliphatic hydroxyl groups excluding tert-OH is 1. The van der Waals surface area contributed by atoms with Crippen molar-refractivity contribution in [1.82, 2.24) is 10.3 Å². The highest BCUT2D eigenvalue weighted by molar-refractivity contribution is 5.93. The zero-order chi connectivity index (χ0) is 25.2. The molecule has 3 fully saturated rings. The minimum absolute atomic E-state index is 0.0846. The molecule has 194 valence electrons. The van der Waals surface area contributed by atoms with E-state index in [0.29, 0.717) is 22.8 Å². The van der Waals surface area contributed by atoms with Gasteiger partial charge in [0.2, 0.25) is 5.52 Å². The lowest BCUT2D eigenvalue weighted by molar-refractivity contribution is -0.383. The third-order valence-corrected chi connectivity index (χ3v) is 11.0. The summed E-state index contributed by atoms with van der Waals surface area (Å²) in [5.41, 5.74) is 3.43. The highest BCUT2D eigenvalue weighted by Gasteiger charge is 2.59. The molecule has 2 aromatic rings. The summed E-state index contributed by atoms with van der Waals surface area (Å²) in [6.45, 7) is 8.19. The van der Waals surface area contributed by atoms with Gasteiger partial charge in [-0.25, -0.2) is 4.63 Å². The lowest BCUT2D eigenvalue weighted by Crippen LogP contribution is -2.51. The summed E-state index contributed by atoms with van der Waals surface area (Å²) < 4.78 is 4.83. The van der Waals surface area contributed by atoms with E-state index in [2.05, 4.69) is 42.5 Å². The predicted octanol–water partition coefficient (Wildman–Crippen LogP) is 6.12. The van der Waals surface area contributed by atoms with Gasteiger partial charge >= 0.3 is 5.69 Å². The van der Waals surface area contributed by atoms with Crippen molar-refractivity contribution in [2.24, 2.45) is 40.4 Å². The lowest BCUT2D eigenvalue weighted by atomic mass is 9.47. The Morgan fingerprint density at radius 2 is 1.97 bits per heavy atom. The Morgan fingerprint density at radius 1 is 1.17 bits per heavy atom. The molecule has 1 aromatic carbocycles. The first-order valence-corrected chi connectivity index (χ1v) is 13.7. The van der Waals surface area contributed by atoms with E-state index >= 15 is 0 Å². The number of rotatable bonds is 5. The Balaban J connectivity index is 1.18. The van der Waals surface area contributed by atoms with Crippen LogP contribution < -0.4 is 5.32 Å². The van der Waals surface area contributed by atoms with Crippen molar-refractivity contribution in [3.63, 3.8) is 0 Å². The summed E-state index contributed by atoms with van der Waals surface area (Å²) in [7, 11) is 0. The van der Waals surface area contributed by atoms with E-state index in [1.54, 1.807) is 6.07 Å². The van der Waals surface area contributed by atoms with Crippen molar-refractivity contribution >= 4 is 22.4 Å². The van der Waals surface area contributed by atoms with Crippen molar-refractivity contribution in [2.45, 2.75) is 78.2 Å². The number of aliphatic hydroxyl groups is 1. The fourth-order valence-electron chi connectivity index (χ4n) is 9.17. The second kappa shape index (κ2) is 8.54. The molecule has 8 unspecified atom stereocenters. The fraction of sp³-hybridized carbons (Fsp3) is 0.714. The van der Waals surface area contributed by atoms with Gasteiger partial charge in [0.05, 0.1) is 16.7 Å². The number of anilines is 1. The van der Waals surface area contributed by atoms with Gasteiger partial charge in [0, 0.05) is 12.6 Å². The maximum Gasteiger partial charge on any atom is 0.300 e. The second-order valence-corrected chi connectivity index (χ2v) is 12.6. The normalized spacial score (nSPS) is 38.6. The van der Waals surface area contributed by atoms with Crippen molar-refractivity contribution in [3.8, 4) is 0 Å². The molecule has 1 aromatic heterocycles. The number of nitrogens with one attached hydrogen (secondary N) is 1. The van der Waals surface area contributed by atoms with Crippen LogP contribution in [0.3, 0.4) is 0 Å². The monoisotopic (exact) mass is 494 g/mol. The number of hydrogen-bond donors (Lipinski definition) is 2. The van der Waals surface area contributed by atoms with Crippen LogP contribution in [0.1, 0.15) is 72.1 Å². The zero-order valence-corrected chi connectivity index (χ0v) is 21.6. The number of aromatic nitrogens is 2. The van der Waals surface area contributed by atoms with Crippen LogP contribution in [0.25, 0.3) is 11.0 Å². The predicted molar refractivity (Wildman–Crippen MR) is 137 cm³/mol. The molecule has 0 aliphatic heterocycles. The molecule has 1 heterocycles. The topological polar surface area (TPSA) is 114 Å². The molecule has 3 saturated carbocycles.